The van der Waals surface area contributed by atoms with Crippen molar-refractivity contribution in [1.29, 1.82) is 0 Å². The standard InChI is InChI=1S/C19H20O5/c20-17(21)19(18(22)23,12-15-8-4-10-24-15)11-14-7-3-6-13-5-1-2-9-16(13)14/h1-3,5-7,9,15H,4,8,10-12H2,(H,20,21)(H,22,23)/t15-/m1/s1. The van der Waals surface area contributed by atoms with Crippen LogP contribution < -0.4 is 0 Å². The molecule has 2 aromatic rings. The summed E-state index contributed by atoms with van der Waals surface area (Å²) in [5, 5.41) is 21.4. The highest BCUT2D eigenvalue weighted by molar-refractivity contribution is 5.99. The number of rotatable bonds is 6. The first kappa shape index (κ1) is 16.5. The van der Waals surface area contributed by atoms with Gasteiger partial charge in [0.25, 0.3) is 0 Å². The number of carbonyl (C=O) groups is 2. The number of hydrogen-bond acceptors (Lipinski definition) is 3. The molecule has 2 N–H and O–H groups in total. The van der Waals surface area contributed by atoms with Crippen LogP contribution >= 0.6 is 0 Å². The van der Waals surface area contributed by atoms with E-state index in [0.29, 0.717) is 13.0 Å². The van der Waals surface area contributed by atoms with Crippen LogP contribution in [0.3, 0.4) is 0 Å². The molecule has 0 bridgehead atoms. The first-order chi connectivity index (χ1) is 11.5. The Kier molecular flexibility index (Phi) is 4.53. The first-order valence-electron chi connectivity index (χ1n) is 8.08. The van der Waals surface area contributed by atoms with Crippen molar-refractivity contribution in [2.75, 3.05) is 6.61 Å². The topological polar surface area (TPSA) is 83.8 Å². The Morgan fingerprint density at radius 2 is 1.79 bits per heavy atom. The third-order valence-corrected chi connectivity index (χ3v) is 4.79. The Morgan fingerprint density at radius 3 is 2.46 bits per heavy atom. The minimum absolute atomic E-state index is 0.0130. The number of fused-ring (bicyclic) bond motifs is 1. The second kappa shape index (κ2) is 6.61. The van der Waals surface area contributed by atoms with Gasteiger partial charge in [0.1, 0.15) is 0 Å². The van der Waals surface area contributed by atoms with E-state index in [4.69, 9.17) is 4.74 Å². The zero-order valence-corrected chi connectivity index (χ0v) is 13.3. The molecule has 5 nitrogen and oxygen atoms in total. The van der Waals surface area contributed by atoms with E-state index in [0.717, 1.165) is 22.8 Å². The Morgan fingerprint density at radius 1 is 1.08 bits per heavy atom. The SMILES string of the molecule is O=C(O)C(Cc1cccc2ccccc12)(C[C@H]1CCCO1)C(=O)O. The third-order valence-electron chi connectivity index (χ3n) is 4.79. The highest BCUT2D eigenvalue weighted by Crippen LogP contribution is 2.35. The van der Waals surface area contributed by atoms with E-state index in [1.54, 1.807) is 6.07 Å². The van der Waals surface area contributed by atoms with Gasteiger partial charge in [0.2, 0.25) is 0 Å². The van der Waals surface area contributed by atoms with Crippen molar-refractivity contribution in [3.05, 3.63) is 48.0 Å². The van der Waals surface area contributed by atoms with Crippen LogP contribution in [0.15, 0.2) is 42.5 Å². The number of benzene rings is 2. The van der Waals surface area contributed by atoms with Crippen LogP contribution in [0, 0.1) is 5.41 Å². The van der Waals surface area contributed by atoms with Gasteiger partial charge in [-0.05, 0) is 35.6 Å². The maximum absolute atomic E-state index is 12.0. The molecule has 1 aliphatic heterocycles. The Hall–Kier alpha value is -2.40. The Balaban J connectivity index is 2.01. The first-order valence-corrected chi connectivity index (χ1v) is 8.08. The molecule has 1 atom stereocenters. The lowest BCUT2D eigenvalue weighted by atomic mass is 9.76. The van der Waals surface area contributed by atoms with Crippen molar-refractivity contribution in [1.82, 2.24) is 0 Å². The highest BCUT2D eigenvalue weighted by atomic mass is 16.5. The fourth-order valence-electron chi connectivity index (χ4n) is 3.46. The lowest BCUT2D eigenvalue weighted by Crippen LogP contribution is -2.44. The maximum Gasteiger partial charge on any atom is 0.321 e. The van der Waals surface area contributed by atoms with Crippen LogP contribution in [0.1, 0.15) is 24.8 Å². The van der Waals surface area contributed by atoms with Crippen LogP contribution in [0.25, 0.3) is 10.8 Å². The van der Waals surface area contributed by atoms with Crippen molar-refractivity contribution in [2.45, 2.75) is 31.8 Å². The number of ether oxygens (including phenoxy) is 1. The van der Waals surface area contributed by atoms with Crippen molar-refractivity contribution in [3.63, 3.8) is 0 Å². The molecule has 0 saturated carbocycles. The summed E-state index contributed by atoms with van der Waals surface area (Å²) in [7, 11) is 0. The van der Waals surface area contributed by atoms with Crippen LogP contribution in [0.5, 0.6) is 0 Å². The molecule has 0 spiro atoms. The zero-order valence-electron chi connectivity index (χ0n) is 13.3. The summed E-state index contributed by atoms with van der Waals surface area (Å²) in [6.07, 6.45) is 1.17. The van der Waals surface area contributed by atoms with Crippen LogP contribution in [0.2, 0.25) is 0 Å². The molecule has 0 amide bonds. The molecule has 0 aromatic heterocycles. The molecule has 3 rings (SSSR count). The Labute approximate surface area is 139 Å². The summed E-state index contributed by atoms with van der Waals surface area (Å²) in [4.78, 5) is 23.9. The molecule has 0 unspecified atom stereocenters. The molecular formula is C19H20O5. The van der Waals surface area contributed by atoms with Gasteiger partial charge in [0.05, 0.1) is 6.10 Å². The lowest BCUT2D eigenvalue weighted by molar-refractivity contribution is -0.167. The average Bonchev–Trinajstić information content (AvgIpc) is 3.07. The molecule has 0 aliphatic carbocycles. The molecule has 1 aliphatic rings. The maximum atomic E-state index is 12.0. The molecule has 126 valence electrons. The predicted octanol–water partition coefficient (Wildman–Crippen LogP) is 3.11. The van der Waals surface area contributed by atoms with Gasteiger partial charge in [-0.15, -0.1) is 0 Å². The van der Waals surface area contributed by atoms with Gasteiger partial charge < -0.3 is 14.9 Å². The molecule has 2 aromatic carbocycles. The minimum atomic E-state index is -1.88. The summed E-state index contributed by atoms with van der Waals surface area (Å²) in [6, 6.07) is 13.2. The molecular weight excluding hydrogens is 308 g/mol. The van der Waals surface area contributed by atoms with Crippen LogP contribution in [0.4, 0.5) is 0 Å². The largest absolute Gasteiger partial charge is 0.480 e. The van der Waals surface area contributed by atoms with Gasteiger partial charge in [-0.1, -0.05) is 42.5 Å². The number of carboxylic acids is 2. The molecule has 1 heterocycles. The second-order valence-corrected chi connectivity index (χ2v) is 6.35. The van der Waals surface area contributed by atoms with Crippen molar-refractivity contribution in [2.24, 2.45) is 5.41 Å². The highest BCUT2D eigenvalue weighted by Gasteiger charge is 2.49. The quantitative estimate of drug-likeness (QED) is 0.796. The van der Waals surface area contributed by atoms with E-state index in [1.807, 2.05) is 36.4 Å². The van der Waals surface area contributed by atoms with Crippen molar-refractivity contribution < 1.29 is 24.5 Å². The molecule has 1 fully saturated rings. The van der Waals surface area contributed by atoms with Gasteiger partial charge in [0, 0.05) is 13.0 Å². The normalized spacial score (nSPS) is 17.9. The summed E-state index contributed by atoms with van der Waals surface area (Å²) in [5.41, 5.74) is -1.14. The number of hydrogen-bond donors (Lipinski definition) is 2. The monoisotopic (exact) mass is 328 g/mol. The van der Waals surface area contributed by atoms with Crippen LogP contribution in [-0.2, 0) is 20.7 Å². The lowest BCUT2D eigenvalue weighted by Gasteiger charge is -2.28. The third kappa shape index (κ3) is 2.99. The number of aliphatic carboxylic acids is 2. The van der Waals surface area contributed by atoms with Gasteiger partial charge in [-0.3, -0.25) is 9.59 Å². The van der Waals surface area contributed by atoms with E-state index >= 15 is 0 Å². The van der Waals surface area contributed by atoms with E-state index in [2.05, 4.69) is 0 Å². The molecule has 1 saturated heterocycles. The zero-order chi connectivity index (χ0) is 17.2. The van der Waals surface area contributed by atoms with E-state index < -0.39 is 17.4 Å². The Bertz CT molecular complexity index is 742. The number of carboxylic acid groups (broad SMARTS) is 2. The second-order valence-electron chi connectivity index (χ2n) is 6.35. The van der Waals surface area contributed by atoms with Crippen LogP contribution in [-0.4, -0.2) is 34.9 Å². The summed E-state index contributed by atoms with van der Waals surface area (Å²) in [5.74, 6) is -2.61. The molecule has 5 heteroatoms. The fraction of sp³-hybridized carbons (Fsp3) is 0.368. The molecule has 24 heavy (non-hydrogen) atoms. The summed E-state index contributed by atoms with van der Waals surface area (Å²) >= 11 is 0. The fourth-order valence-corrected chi connectivity index (χ4v) is 3.46. The molecule has 0 radical (unpaired) electrons. The smallest absolute Gasteiger partial charge is 0.321 e. The van der Waals surface area contributed by atoms with Gasteiger partial charge in [0.15, 0.2) is 5.41 Å². The van der Waals surface area contributed by atoms with E-state index in [-0.39, 0.29) is 18.9 Å². The van der Waals surface area contributed by atoms with E-state index in [9.17, 15) is 19.8 Å². The van der Waals surface area contributed by atoms with Gasteiger partial charge >= 0.3 is 11.9 Å². The van der Waals surface area contributed by atoms with Crippen molar-refractivity contribution >= 4 is 22.7 Å². The minimum Gasteiger partial charge on any atom is -0.480 e. The average molecular weight is 328 g/mol. The van der Waals surface area contributed by atoms with Gasteiger partial charge in [-0.25, -0.2) is 0 Å². The van der Waals surface area contributed by atoms with Gasteiger partial charge in [-0.2, -0.15) is 0 Å². The predicted molar refractivity (Wildman–Crippen MR) is 88.9 cm³/mol. The summed E-state index contributed by atoms with van der Waals surface area (Å²) in [6.45, 7) is 0.564. The van der Waals surface area contributed by atoms with E-state index in [1.165, 1.54) is 0 Å². The van der Waals surface area contributed by atoms with Crippen molar-refractivity contribution in [3.8, 4) is 0 Å². The summed E-state index contributed by atoms with van der Waals surface area (Å²) < 4.78 is 5.51.